The van der Waals surface area contributed by atoms with Crippen LogP contribution in [0.15, 0.2) is 42.5 Å². The van der Waals surface area contributed by atoms with Gasteiger partial charge in [0.05, 0.1) is 12.5 Å². The predicted molar refractivity (Wildman–Crippen MR) is 60.3 cm³/mol. The van der Waals surface area contributed by atoms with E-state index in [0.717, 1.165) is 6.54 Å². The lowest BCUT2D eigenvalue weighted by Gasteiger charge is -2.40. The van der Waals surface area contributed by atoms with Crippen molar-refractivity contribution in [3.63, 3.8) is 0 Å². The molecular formula is C13H15NO. The molecule has 1 fully saturated rings. The summed E-state index contributed by atoms with van der Waals surface area (Å²) in [7, 11) is 0. The van der Waals surface area contributed by atoms with Crippen molar-refractivity contribution in [2.45, 2.75) is 19.4 Å². The minimum atomic E-state index is 0.252. The lowest BCUT2D eigenvalue weighted by atomic mass is 9.94. The Morgan fingerprint density at radius 1 is 1.40 bits per heavy atom. The minimum absolute atomic E-state index is 0.252. The molecule has 0 radical (unpaired) electrons. The number of likely N-dealkylation sites (tertiary alicyclic amines) is 1. The maximum Gasteiger partial charge on any atom is 0.225 e. The Hall–Kier alpha value is -1.57. The van der Waals surface area contributed by atoms with Crippen molar-refractivity contribution in [3.8, 4) is 0 Å². The summed E-state index contributed by atoms with van der Waals surface area (Å²) in [5.74, 6) is 0.252. The first-order valence-corrected chi connectivity index (χ1v) is 5.28. The van der Waals surface area contributed by atoms with Crippen molar-refractivity contribution < 1.29 is 4.79 Å². The van der Waals surface area contributed by atoms with Crippen molar-refractivity contribution >= 4 is 5.91 Å². The Morgan fingerprint density at radius 2 is 2.13 bits per heavy atom. The SMILES string of the molecule is C/C=C/CN1C(=O)CC1c1ccccc1. The fourth-order valence-corrected chi connectivity index (χ4v) is 1.88. The molecule has 0 aliphatic carbocycles. The van der Waals surface area contributed by atoms with Crippen LogP contribution in [-0.2, 0) is 4.79 Å². The smallest absolute Gasteiger partial charge is 0.225 e. The zero-order valence-electron chi connectivity index (χ0n) is 8.89. The van der Waals surface area contributed by atoms with Crippen molar-refractivity contribution in [1.82, 2.24) is 4.90 Å². The summed E-state index contributed by atoms with van der Waals surface area (Å²) in [5.41, 5.74) is 1.24. The van der Waals surface area contributed by atoms with E-state index < -0.39 is 0 Å². The fourth-order valence-electron chi connectivity index (χ4n) is 1.88. The van der Waals surface area contributed by atoms with Crippen molar-refractivity contribution in [2.75, 3.05) is 6.54 Å². The number of hydrogen-bond acceptors (Lipinski definition) is 1. The third kappa shape index (κ3) is 1.94. The maximum absolute atomic E-state index is 11.4. The second kappa shape index (κ2) is 4.30. The molecule has 0 saturated carbocycles. The van der Waals surface area contributed by atoms with Crippen LogP contribution >= 0.6 is 0 Å². The minimum Gasteiger partial charge on any atom is -0.331 e. The molecular weight excluding hydrogens is 186 g/mol. The molecule has 78 valence electrons. The van der Waals surface area contributed by atoms with E-state index in [9.17, 15) is 4.79 Å². The van der Waals surface area contributed by atoms with Crippen LogP contribution in [0.3, 0.4) is 0 Å². The van der Waals surface area contributed by atoms with E-state index in [1.807, 2.05) is 42.2 Å². The zero-order valence-corrected chi connectivity index (χ0v) is 8.89. The number of hydrogen-bond donors (Lipinski definition) is 0. The highest BCUT2D eigenvalue weighted by atomic mass is 16.2. The number of carbonyl (C=O) groups is 1. The summed E-state index contributed by atoms with van der Waals surface area (Å²) >= 11 is 0. The molecule has 1 aromatic carbocycles. The van der Waals surface area contributed by atoms with Gasteiger partial charge in [0.1, 0.15) is 0 Å². The van der Waals surface area contributed by atoms with Crippen LogP contribution in [0.5, 0.6) is 0 Å². The third-order valence-corrected chi connectivity index (χ3v) is 2.79. The Kier molecular flexibility index (Phi) is 2.86. The highest BCUT2D eigenvalue weighted by Gasteiger charge is 2.35. The molecule has 2 heteroatoms. The van der Waals surface area contributed by atoms with Gasteiger partial charge in [-0.3, -0.25) is 4.79 Å². The van der Waals surface area contributed by atoms with Crippen LogP contribution in [0, 0.1) is 0 Å². The van der Waals surface area contributed by atoms with Crippen LogP contribution < -0.4 is 0 Å². The average Bonchev–Trinajstić information content (AvgIpc) is 2.27. The molecule has 1 aliphatic heterocycles. The predicted octanol–water partition coefficient (Wildman–Crippen LogP) is 2.54. The number of amides is 1. The van der Waals surface area contributed by atoms with Gasteiger partial charge in [-0.25, -0.2) is 0 Å². The van der Waals surface area contributed by atoms with Crippen LogP contribution in [0.25, 0.3) is 0 Å². The first kappa shape index (κ1) is 9.97. The highest BCUT2D eigenvalue weighted by molar-refractivity contribution is 5.83. The number of carbonyl (C=O) groups excluding carboxylic acids is 1. The maximum atomic E-state index is 11.4. The fraction of sp³-hybridized carbons (Fsp3) is 0.308. The zero-order chi connectivity index (χ0) is 10.7. The molecule has 1 unspecified atom stereocenters. The monoisotopic (exact) mass is 201 g/mol. The molecule has 1 heterocycles. The molecule has 1 saturated heterocycles. The Balaban J connectivity index is 2.08. The molecule has 2 rings (SSSR count). The summed E-state index contributed by atoms with van der Waals surface area (Å²) in [6, 6.07) is 10.5. The lowest BCUT2D eigenvalue weighted by molar-refractivity contribution is -0.145. The van der Waals surface area contributed by atoms with Gasteiger partial charge in [-0.05, 0) is 12.5 Å². The highest BCUT2D eigenvalue weighted by Crippen LogP contribution is 2.33. The van der Waals surface area contributed by atoms with Crippen LogP contribution in [0.1, 0.15) is 24.9 Å². The second-order valence-corrected chi connectivity index (χ2v) is 3.75. The lowest BCUT2D eigenvalue weighted by Crippen LogP contribution is -2.46. The number of β-lactam (4-membered cyclic amide) rings is 1. The van der Waals surface area contributed by atoms with Crippen LogP contribution in [-0.4, -0.2) is 17.4 Å². The standard InChI is InChI=1S/C13H15NO/c1-2-3-9-14-12(10-13(14)15)11-7-5-4-6-8-11/h2-8,12H,9-10H2,1H3/b3-2+. The molecule has 1 aromatic rings. The van der Waals surface area contributed by atoms with Gasteiger partial charge in [0.2, 0.25) is 5.91 Å². The molecule has 0 aromatic heterocycles. The van der Waals surface area contributed by atoms with Gasteiger partial charge >= 0.3 is 0 Å². The topological polar surface area (TPSA) is 20.3 Å². The van der Waals surface area contributed by atoms with Gasteiger partial charge < -0.3 is 4.90 Å². The Morgan fingerprint density at radius 3 is 2.73 bits per heavy atom. The molecule has 0 bridgehead atoms. The quantitative estimate of drug-likeness (QED) is 0.543. The number of allylic oxidation sites excluding steroid dienone is 1. The summed E-state index contributed by atoms with van der Waals surface area (Å²) in [5, 5.41) is 0. The first-order valence-electron chi connectivity index (χ1n) is 5.28. The van der Waals surface area contributed by atoms with Gasteiger partial charge in [0.15, 0.2) is 0 Å². The van der Waals surface area contributed by atoms with Crippen molar-refractivity contribution in [2.24, 2.45) is 0 Å². The van der Waals surface area contributed by atoms with E-state index in [-0.39, 0.29) is 11.9 Å². The average molecular weight is 201 g/mol. The molecule has 1 atom stereocenters. The summed E-state index contributed by atoms with van der Waals surface area (Å²) in [4.78, 5) is 13.3. The van der Waals surface area contributed by atoms with E-state index in [1.165, 1.54) is 5.56 Å². The molecule has 1 aliphatic rings. The normalized spacial score (nSPS) is 20.7. The summed E-state index contributed by atoms with van der Waals surface area (Å²) in [6.07, 6.45) is 4.65. The van der Waals surface area contributed by atoms with Gasteiger partial charge in [-0.1, -0.05) is 42.5 Å². The van der Waals surface area contributed by atoms with Gasteiger partial charge in [-0.15, -0.1) is 0 Å². The first-order chi connectivity index (χ1) is 7.33. The Labute approximate surface area is 90.2 Å². The van der Waals surface area contributed by atoms with Gasteiger partial charge in [-0.2, -0.15) is 0 Å². The van der Waals surface area contributed by atoms with Gasteiger partial charge in [0.25, 0.3) is 0 Å². The summed E-state index contributed by atoms with van der Waals surface area (Å²) in [6.45, 7) is 2.71. The van der Waals surface area contributed by atoms with E-state index in [1.54, 1.807) is 0 Å². The van der Waals surface area contributed by atoms with E-state index in [0.29, 0.717) is 6.42 Å². The number of rotatable bonds is 3. The third-order valence-electron chi connectivity index (χ3n) is 2.79. The number of nitrogens with zero attached hydrogens (tertiary/aromatic N) is 1. The molecule has 2 nitrogen and oxygen atoms in total. The molecule has 0 N–H and O–H groups in total. The van der Waals surface area contributed by atoms with Crippen LogP contribution in [0.2, 0.25) is 0 Å². The van der Waals surface area contributed by atoms with E-state index in [2.05, 4.69) is 12.1 Å². The number of benzene rings is 1. The second-order valence-electron chi connectivity index (χ2n) is 3.75. The van der Waals surface area contributed by atoms with Crippen LogP contribution in [0.4, 0.5) is 0 Å². The van der Waals surface area contributed by atoms with Gasteiger partial charge in [0, 0.05) is 6.54 Å². The van der Waals surface area contributed by atoms with Crippen molar-refractivity contribution in [3.05, 3.63) is 48.0 Å². The molecule has 0 spiro atoms. The molecule has 1 amide bonds. The summed E-state index contributed by atoms with van der Waals surface area (Å²) < 4.78 is 0. The van der Waals surface area contributed by atoms with E-state index in [4.69, 9.17) is 0 Å². The van der Waals surface area contributed by atoms with E-state index >= 15 is 0 Å². The largest absolute Gasteiger partial charge is 0.331 e. The molecule has 15 heavy (non-hydrogen) atoms. The van der Waals surface area contributed by atoms with Crippen molar-refractivity contribution in [1.29, 1.82) is 0 Å². The Bertz CT molecular complexity index is 369.